The maximum atomic E-state index is 12.8. The maximum Gasteiger partial charge on any atom is 0.265 e. The van der Waals surface area contributed by atoms with Gasteiger partial charge in [0.05, 0.1) is 10.7 Å². The molecule has 0 saturated heterocycles. The van der Waals surface area contributed by atoms with Gasteiger partial charge in [-0.2, -0.15) is 0 Å². The molecule has 1 amide bonds. The minimum Gasteiger partial charge on any atom is -0.479 e. The molecule has 3 rings (SSSR count). The Hall–Kier alpha value is -2.43. The summed E-state index contributed by atoms with van der Waals surface area (Å²) in [6.07, 6.45) is -0.0925. The first-order valence-corrected chi connectivity index (χ1v) is 9.91. The first kappa shape index (κ1) is 19.3. The number of anilines is 1. The van der Waals surface area contributed by atoms with Crippen molar-refractivity contribution in [3.05, 3.63) is 83.9 Å². The van der Waals surface area contributed by atoms with Crippen molar-refractivity contribution in [2.45, 2.75) is 29.2 Å². The Labute approximate surface area is 168 Å². The molecule has 0 bridgehead atoms. The lowest BCUT2D eigenvalue weighted by Crippen LogP contribution is -2.32. The van der Waals surface area contributed by atoms with Gasteiger partial charge in [0.1, 0.15) is 5.75 Å². The summed E-state index contributed by atoms with van der Waals surface area (Å²) in [4.78, 5) is 14.9. The SMILES string of the molecule is CC[C@H](Oc1ccccc1Cl)C(=O)Nc1ccccc1Sc1ccccc1. The van der Waals surface area contributed by atoms with Gasteiger partial charge in [-0.25, -0.2) is 0 Å². The van der Waals surface area contributed by atoms with E-state index in [1.165, 1.54) is 0 Å². The van der Waals surface area contributed by atoms with Crippen molar-refractivity contribution < 1.29 is 9.53 Å². The van der Waals surface area contributed by atoms with Gasteiger partial charge in [0, 0.05) is 9.79 Å². The maximum absolute atomic E-state index is 12.8. The molecule has 0 radical (unpaired) electrons. The zero-order chi connectivity index (χ0) is 19.1. The molecule has 138 valence electrons. The van der Waals surface area contributed by atoms with Crippen molar-refractivity contribution in [3.63, 3.8) is 0 Å². The lowest BCUT2D eigenvalue weighted by Gasteiger charge is -2.19. The molecule has 0 spiro atoms. The fourth-order valence-corrected chi connectivity index (χ4v) is 3.61. The molecule has 3 aromatic carbocycles. The molecule has 0 aromatic heterocycles. The van der Waals surface area contributed by atoms with E-state index in [-0.39, 0.29) is 5.91 Å². The predicted molar refractivity (Wildman–Crippen MR) is 112 cm³/mol. The molecule has 3 nitrogen and oxygen atoms in total. The summed E-state index contributed by atoms with van der Waals surface area (Å²) >= 11 is 7.75. The quantitative estimate of drug-likeness (QED) is 0.509. The van der Waals surface area contributed by atoms with Gasteiger partial charge in [0.2, 0.25) is 0 Å². The Morgan fingerprint density at radius 3 is 2.41 bits per heavy atom. The van der Waals surface area contributed by atoms with Crippen molar-refractivity contribution in [1.29, 1.82) is 0 Å². The van der Waals surface area contributed by atoms with Crippen LogP contribution in [0.5, 0.6) is 5.75 Å². The van der Waals surface area contributed by atoms with Crippen LogP contribution in [0.4, 0.5) is 5.69 Å². The summed E-state index contributed by atoms with van der Waals surface area (Å²) in [5.74, 6) is 0.312. The molecule has 5 heteroatoms. The van der Waals surface area contributed by atoms with Gasteiger partial charge in [-0.05, 0) is 42.8 Å². The van der Waals surface area contributed by atoms with Crippen molar-refractivity contribution in [1.82, 2.24) is 0 Å². The fraction of sp³-hybridized carbons (Fsp3) is 0.136. The topological polar surface area (TPSA) is 38.3 Å². The second kappa shape index (κ2) is 9.49. The summed E-state index contributed by atoms with van der Waals surface area (Å²) in [5, 5.41) is 3.48. The summed E-state index contributed by atoms with van der Waals surface area (Å²) in [5.41, 5.74) is 0.762. The average Bonchev–Trinajstić information content (AvgIpc) is 2.69. The van der Waals surface area contributed by atoms with Gasteiger partial charge in [-0.15, -0.1) is 0 Å². The van der Waals surface area contributed by atoms with Gasteiger partial charge in [0.15, 0.2) is 6.10 Å². The highest BCUT2D eigenvalue weighted by Gasteiger charge is 2.20. The second-order valence-electron chi connectivity index (χ2n) is 5.85. The number of hydrogen-bond acceptors (Lipinski definition) is 3. The minimum absolute atomic E-state index is 0.196. The number of carbonyl (C=O) groups excluding carboxylic acids is 1. The Balaban J connectivity index is 1.74. The van der Waals surface area contributed by atoms with Crippen LogP contribution >= 0.6 is 23.4 Å². The van der Waals surface area contributed by atoms with E-state index < -0.39 is 6.10 Å². The van der Waals surface area contributed by atoms with Crippen LogP contribution in [-0.4, -0.2) is 12.0 Å². The molecule has 0 unspecified atom stereocenters. The predicted octanol–water partition coefficient (Wildman–Crippen LogP) is 6.29. The second-order valence-corrected chi connectivity index (χ2v) is 7.37. The average molecular weight is 398 g/mol. The molecule has 0 fully saturated rings. The Morgan fingerprint density at radius 1 is 1.00 bits per heavy atom. The number of para-hydroxylation sites is 2. The molecular weight excluding hydrogens is 378 g/mol. The van der Waals surface area contributed by atoms with Crippen molar-refractivity contribution in [2.75, 3.05) is 5.32 Å². The van der Waals surface area contributed by atoms with E-state index >= 15 is 0 Å². The van der Waals surface area contributed by atoms with Crippen molar-refractivity contribution in [3.8, 4) is 5.75 Å². The normalized spacial score (nSPS) is 11.6. The Kier molecular flexibility index (Phi) is 6.80. The van der Waals surface area contributed by atoms with Crippen LogP contribution in [0.3, 0.4) is 0 Å². The fourth-order valence-electron chi connectivity index (χ4n) is 2.50. The molecule has 1 N–H and O–H groups in total. The smallest absolute Gasteiger partial charge is 0.265 e. The van der Waals surface area contributed by atoms with Crippen LogP contribution in [0.15, 0.2) is 88.7 Å². The third kappa shape index (κ3) is 5.28. The summed E-state index contributed by atoms with van der Waals surface area (Å²) in [6, 6.07) is 25.0. The minimum atomic E-state index is -0.625. The molecule has 0 aliphatic carbocycles. The van der Waals surface area contributed by atoms with Crippen LogP contribution in [0.2, 0.25) is 5.02 Å². The number of rotatable bonds is 7. The first-order chi connectivity index (χ1) is 13.2. The van der Waals surface area contributed by atoms with Crippen molar-refractivity contribution in [2.24, 2.45) is 0 Å². The highest BCUT2D eigenvalue weighted by atomic mass is 35.5. The van der Waals surface area contributed by atoms with Crippen LogP contribution < -0.4 is 10.1 Å². The zero-order valence-corrected chi connectivity index (χ0v) is 16.5. The van der Waals surface area contributed by atoms with E-state index in [0.29, 0.717) is 17.2 Å². The molecule has 3 aromatic rings. The number of ether oxygens (including phenoxy) is 1. The van der Waals surface area contributed by atoms with E-state index in [0.717, 1.165) is 15.5 Å². The number of halogens is 1. The summed E-state index contributed by atoms with van der Waals surface area (Å²) in [6.45, 7) is 1.91. The molecule has 0 aliphatic heterocycles. The third-order valence-electron chi connectivity index (χ3n) is 3.89. The van der Waals surface area contributed by atoms with Crippen molar-refractivity contribution >= 4 is 35.0 Å². The number of nitrogens with one attached hydrogen (secondary N) is 1. The van der Waals surface area contributed by atoms with E-state index in [4.69, 9.17) is 16.3 Å². The molecule has 0 aliphatic rings. The number of amides is 1. The Bertz CT molecular complexity index is 902. The van der Waals surface area contributed by atoms with E-state index in [1.807, 2.05) is 73.7 Å². The molecular formula is C22H20ClNO2S. The van der Waals surface area contributed by atoms with Gasteiger partial charge in [-0.1, -0.05) is 72.8 Å². The summed E-state index contributed by atoms with van der Waals surface area (Å²) < 4.78 is 5.84. The van der Waals surface area contributed by atoms with Gasteiger partial charge >= 0.3 is 0 Å². The standard InChI is InChI=1S/C22H20ClNO2S/c1-2-19(26-20-14-8-6-12-17(20)23)22(25)24-18-13-7-9-15-21(18)27-16-10-4-3-5-11-16/h3-15,19H,2H2,1H3,(H,24,25)/t19-/m0/s1. The number of benzene rings is 3. The van der Waals surface area contributed by atoms with Crippen LogP contribution in [0.25, 0.3) is 0 Å². The molecule has 0 heterocycles. The van der Waals surface area contributed by atoms with Gasteiger partial charge < -0.3 is 10.1 Å². The van der Waals surface area contributed by atoms with E-state index in [9.17, 15) is 4.79 Å². The zero-order valence-electron chi connectivity index (χ0n) is 14.9. The monoisotopic (exact) mass is 397 g/mol. The highest BCUT2D eigenvalue weighted by Crippen LogP contribution is 2.33. The van der Waals surface area contributed by atoms with Gasteiger partial charge in [-0.3, -0.25) is 4.79 Å². The van der Waals surface area contributed by atoms with Crippen LogP contribution in [-0.2, 0) is 4.79 Å². The molecule has 0 saturated carbocycles. The lowest BCUT2D eigenvalue weighted by atomic mass is 10.2. The highest BCUT2D eigenvalue weighted by molar-refractivity contribution is 7.99. The van der Waals surface area contributed by atoms with Gasteiger partial charge in [0.25, 0.3) is 5.91 Å². The summed E-state index contributed by atoms with van der Waals surface area (Å²) in [7, 11) is 0. The largest absolute Gasteiger partial charge is 0.479 e. The van der Waals surface area contributed by atoms with E-state index in [2.05, 4.69) is 5.32 Å². The van der Waals surface area contributed by atoms with E-state index in [1.54, 1.807) is 23.9 Å². The van der Waals surface area contributed by atoms with Crippen LogP contribution in [0.1, 0.15) is 13.3 Å². The number of hydrogen-bond donors (Lipinski definition) is 1. The molecule has 1 atom stereocenters. The third-order valence-corrected chi connectivity index (χ3v) is 5.28. The number of carbonyl (C=O) groups is 1. The first-order valence-electron chi connectivity index (χ1n) is 8.71. The molecule has 27 heavy (non-hydrogen) atoms. The van der Waals surface area contributed by atoms with Crippen LogP contribution in [0, 0.1) is 0 Å². The lowest BCUT2D eigenvalue weighted by molar-refractivity contribution is -0.122. The Morgan fingerprint density at radius 2 is 1.67 bits per heavy atom.